The number of halogens is 1. The summed E-state index contributed by atoms with van der Waals surface area (Å²) in [5.41, 5.74) is 0. The van der Waals surface area contributed by atoms with Gasteiger partial charge in [0.15, 0.2) is 10.4 Å². The minimum absolute atomic E-state index is 0.0242. The molecule has 6 nitrogen and oxygen atoms in total. The van der Waals surface area contributed by atoms with E-state index in [2.05, 4.69) is 21.2 Å². The number of nitrogens with one attached hydrogen (secondary N) is 1. The minimum atomic E-state index is -0.0242. The molecule has 2 fully saturated rings. The lowest BCUT2D eigenvalue weighted by Gasteiger charge is -2.45. The van der Waals surface area contributed by atoms with Gasteiger partial charge in [0.1, 0.15) is 0 Å². The second kappa shape index (κ2) is 7.91. The van der Waals surface area contributed by atoms with Gasteiger partial charge in [-0.25, -0.2) is 0 Å². The lowest BCUT2D eigenvalue weighted by molar-refractivity contribution is -0.128. The number of piperidine rings is 2. The summed E-state index contributed by atoms with van der Waals surface area (Å²) < 4.78 is 6.01. The Bertz CT molecular complexity index is 631. The summed E-state index contributed by atoms with van der Waals surface area (Å²) in [5, 5.41) is 3.63. The van der Waals surface area contributed by atoms with Gasteiger partial charge in [-0.05, 0) is 65.7 Å². The van der Waals surface area contributed by atoms with E-state index in [1.54, 1.807) is 31.1 Å². The number of rotatable bonds is 5. The van der Waals surface area contributed by atoms with Gasteiger partial charge >= 0.3 is 0 Å². The van der Waals surface area contributed by atoms with Crippen LogP contribution in [0.3, 0.4) is 0 Å². The number of amides is 2. The summed E-state index contributed by atoms with van der Waals surface area (Å²) in [7, 11) is 3.59. The molecule has 0 unspecified atom stereocenters. The Labute approximate surface area is 157 Å². The maximum absolute atomic E-state index is 12.7. The topological polar surface area (TPSA) is 65.8 Å². The van der Waals surface area contributed by atoms with Gasteiger partial charge in [0.05, 0.1) is 0 Å². The Hall–Kier alpha value is -1.34. The van der Waals surface area contributed by atoms with Crippen LogP contribution in [0.1, 0.15) is 36.2 Å². The van der Waals surface area contributed by atoms with Crippen LogP contribution in [0.4, 0.5) is 0 Å². The molecule has 3 rings (SSSR count). The molecule has 0 radical (unpaired) electrons. The number of carbonyl (C=O) groups excluding carboxylic acids is 2. The molecule has 3 atom stereocenters. The maximum Gasteiger partial charge on any atom is 0.289 e. The Morgan fingerprint density at radius 3 is 2.84 bits per heavy atom. The fourth-order valence-electron chi connectivity index (χ4n) is 3.96. The first-order valence-electron chi connectivity index (χ1n) is 8.92. The van der Waals surface area contributed by atoms with E-state index in [1.807, 2.05) is 4.90 Å². The van der Waals surface area contributed by atoms with E-state index in [0.29, 0.717) is 34.7 Å². The molecule has 138 valence electrons. The third-order valence-corrected chi connectivity index (χ3v) is 5.71. The second-order valence-corrected chi connectivity index (χ2v) is 8.15. The zero-order valence-corrected chi connectivity index (χ0v) is 16.4. The molecule has 2 aliphatic heterocycles. The van der Waals surface area contributed by atoms with Crippen molar-refractivity contribution in [1.82, 2.24) is 15.1 Å². The van der Waals surface area contributed by atoms with E-state index in [1.165, 1.54) is 0 Å². The standard InChI is InChI=1S/C18H26BrN3O3/c1-21(2)17(23)5-3-4-14-13-8-12(9-20-14)10-22(11-13)18(24)15-6-7-16(19)25-15/h6-7,12-14,20H,3-5,8-11H2,1-2H3/t12-,13+,14+/m0/s1. The molecule has 1 aromatic rings. The zero-order chi connectivity index (χ0) is 18.0. The summed E-state index contributed by atoms with van der Waals surface area (Å²) in [4.78, 5) is 28.0. The van der Waals surface area contributed by atoms with Crippen molar-refractivity contribution in [3.8, 4) is 0 Å². The van der Waals surface area contributed by atoms with Crippen LogP contribution < -0.4 is 5.32 Å². The van der Waals surface area contributed by atoms with Gasteiger partial charge in [-0.2, -0.15) is 0 Å². The number of fused-ring (bicyclic) bond motifs is 2. The van der Waals surface area contributed by atoms with Crippen molar-refractivity contribution in [2.45, 2.75) is 31.7 Å². The number of furan rings is 1. The quantitative estimate of drug-likeness (QED) is 0.807. The molecule has 2 bridgehead atoms. The molecule has 25 heavy (non-hydrogen) atoms. The molecule has 0 spiro atoms. The first kappa shape index (κ1) is 18.5. The van der Waals surface area contributed by atoms with Crippen molar-refractivity contribution < 1.29 is 14.0 Å². The monoisotopic (exact) mass is 411 g/mol. The van der Waals surface area contributed by atoms with E-state index in [-0.39, 0.29) is 11.8 Å². The molecule has 1 N–H and O–H groups in total. The molecule has 2 amide bonds. The molecule has 1 aromatic heterocycles. The normalized spacial score (nSPS) is 25.7. The van der Waals surface area contributed by atoms with Crippen molar-refractivity contribution in [3.63, 3.8) is 0 Å². The summed E-state index contributed by atoms with van der Waals surface area (Å²) in [6.45, 7) is 2.48. The third kappa shape index (κ3) is 4.44. The lowest BCUT2D eigenvalue weighted by atomic mass is 9.79. The molecule has 0 saturated carbocycles. The highest BCUT2D eigenvalue weighted by Crippen LogP contribution is 2.31. The second-order valence-electron chi connectivity index (χ2n) is 7.37. The molecule has 0 aromatic carbocycles. The average molecular weight is 412 g/mol. The van der Waals surface area contributed by atoms with Gasteiger partial charge in [-0.3, -0.25) is 9.59 Å². The fraction of sp³-hybridized carbons (Fsp3) is 0.667. The summed E-state index contributed by atoms with van der Waals surface area (Å²) >= 11 is 3.25. The smallest absolute Gasteiger partial charge is 0.289 e. The Morgan fingerprint density at radius 2 is 2.16 bits per heavy atom. The number of hydrogen-bond donors (Lipinski definition) is 1. The van der Waals surface area contributed by atoms with Gasteiger partial charge in [0.2, 0.25) is 5.91 Å². The summed E-state index contributed by atoms with van der Waals surface area (Å²) in [6.07, 6.45) is 3.61. The van der Waals surface area contributed by atoms with E-state index in [9.17, 15) is 9.59 Å². The van der Waals surface area contributed by atoms with E-state index >= 15 is 0 Å². The van der Waals surface area contributed by atoms with Crippen molar-refractivity contribution in [1.29, 1.82) is 0 Å². The highest BCUT2D eigenvalue weighted by atomic mass is 79.9. The third-order valence-electron chi connectivity index (χ3n) is 5.28. The first-order chi connectivity index (χ1) is 11.9. The molecule has 3 heterocycles. The number of likely N-dealkylation sites (tertiary alicyclic amines) is 1. The van der Waals surface area contributed by atoms with Gasteiger partial charge in [0, 0.05) is 39.6 Å². The highest BCUT2D eigenvalue weighted by molar-refractivity contribution is 9.10. The van der Waals surface area contributed by atoms with Crippen molar-refractivity contribution in [2.24, 2.45) is 11.8 Å². The number of carbonyl (C=O) groups is 2. The SMILES string of the molecule is CN(C)C(=O)CCC[C@H]1NC[C@@H]2C[C@@H]1CN(C(=O)c1ccc(Br)o1)C2. The minimum Gasteiger partial charge on any atom is -0.444 e. The molecule has 0 aliphatic carbocycles. The Kier molecular flexibility index (Phi) is 5.84. The van der Waals surface area contributed by atoms with Crippen LogP contribution in [0.25, 0.3) is 0 Å². The molecule has 7 heteroatoms. The van der Waals surface area contributed by atoms with Crippen LogP contribution in [0, 0.1) is 11.8 Å². The van der Waals surface area contributed by atoms with Crippen LogP contribution in [-0.4, -0.2) is 61.4 Å². The van der Waals surface area contributed by atoms with Crippen LogP contribution in [0.15, 0.2) is 21.2 Å². The predicted octanol–water partition coefficient (Wildman–Crippen LogP) is 2.35. The van der Waals surface area contributed by atoms with Crippen molar-refractivity contribution >= 4 is 27.7 Å². The van der Waals surface area contributed by atoms with Gasteiger partial charge < -0.3 is 19.5 Å². The summed E-state index contributed by atoms with van der Waals surface area (Å²) in [6, 6.07) is 3.86. The van der Waals surface area contributed by atoms with Gasteiger partial charge in [0.25, 0.3) is 5.91 Å². The van der Waals surface area contributed by atoms with Crippen molar-refractivity contribution in [3.05, 3.63) is 22.6 Å². The maximum atomic E-state index is 12.7. The first-order valence-corrected chi connectivity index (χ1v) is 9.71. The molecule has 2 saturated heterocycles. The molecular weight excluding hydrogens is 386 g/mol. The largest absolute Gasteiger partial charge is 0.444 e. The average Bonchev–Trinajstić information content (AvgIpc) is 3.02. The van der Waals surface area contributed by atoms with Crippen LogP contribution >= 0.6 is 15.9 Å². The lowest BCUT2D eigenvalue weighted by Crippen LogP contribution is -2.57. The highest BCUT2D eigenvalue weighted by Gasteiger charge is 2.38. The van der Waals surface area contributed by atoms with Crippen LogP contribution in [0.5, 0.6) is 0 Å². The van der Waals surface area contributed by atoms with Crippen LogP contribution in [-0.2, 0) is 4.79 Å². The van der Waals surface area contributed by atoms with Crippen LogP contribution in [0.2, 0.25) is 0 Å². The number of hydrogen-bond acceptors (Lipinski definition) is 4. The van der Waals surface area contributed by atoms with Gasteiger partial charge in [-0.15, -0.1) is 0 Å². The number of nitrogens with zero attached hydrogens (tertiary/aromatic N) is 2. The van der Waals surface area contributed by atoms with E-state index in [0.717, 1.165) is 38.9 Å². The van der Waals surface area contributed by atoms with E-state index in [4.69, 9.17) is 4.42 Å². The Balaban J connectivity index is 1.56. The molecular formula is C18H26BrN3O3. The summed E-state index contributed by atoms with van der Waals surface area (Å²) in [5.74, 6) is 1.50. The van der Waals surface area contributed by atoms with Crippen molar-refractivity contribution in [2.75, 3.05) is 33.7 Å². The fourth-order valence-corrected chi connectivity index (χ4v) is 4.26. The zero-order valence-electron chi connectivity index (χ0n) is 14.8. The predicted molar refractivity (Wildman–Crippen MR) is 98.2 cm³/mol. The van der Waals surface area contributed by atoms with E-state index < -0.39 is 0 Å². The Morgan fingerprint density at radius 1 is 1.36 bits per heavy atom. The molecule has 2 aliphatic rings. The van der Waals surface area contributed by atoms with Gasteiger partial charge in [-0.1, -0.05) is 0 Å².